The first-order valence-electron chi connectivity index (χ1n) is 10.00. The molecule has 1 amide bonds. The van der Waals surface area contributed by atoms with E-state index in [4.69, 9.17) is 10.2 Å². The molecule has 150 valence electrons. The summed E-state index contributed by atoms with van der Waals surface area (Å²) < 4.78 is 1.09. The van der Waals surface area contributed by atoms with Gasteiger partial charge in [-0.1, -0.05) is 11.3 Å². The van der Waals surface area contributed by atoms with Crippen molar-refractivity contribution in [3.05, 3.63) is 58.7 Å². The summed E-state index contributed by atoms with van der Waals surface area (Å²) >= 11 is 1.56. The predicted octanol–water partition coefficient (Wildman–Crippen LogP) is 3.36. The van der Waals surface area contributed by atoms with Gasteiger partial charge in [0.05, 0.1) is 48.0 Å². The lowest BCUT2D eigenvalue weighted by Crippen LogP contribution is -3.12. The molecule has 5 nitrogen and oxygen atoms in total. The highest BCUT2D eigenvalue weighted by atomic mass is 32.1. The number of hydrogen-bond donors (Lipinski definition) is 1. The Hall–Kier alpha value is -2.75. The number of likely N-dealkylation sites (N-methyl/N-ethyl adjacent to an activating group) is 1. The van der Waals surface area contributed by atoms with Gasteiger partial charge < -0.3 is 4.90 Å². The van der Waals surface area contributed by atoms with Crippen molar-refractivity contribution in [2.45, 2.75) is 27.7 Å². The number of carbonyl (C=O) groups excluding carboxylic acids is 1. The van der Waals surface area contributed by atoms with E-state index in [-0.39, 0.29) is 5.91 Å². The second-order valence-electron chi connectivity index (χ2n) is 7.25. The van der Waals surface area contributed by atoms with Crippen LogP contribution >= 0.6 is 11.3 Å². The van der Waals surface area contributed by atoms with Crippen molar-refractivity contribution in [1.29, 1.82) is 5.26 Å². The normalized spacial score (nSPS) is 11.0. The highest BCUT2D eigenvalue weighted by Gasteiger charge is 2.23. The van der Waals surface area contributed by atoms with Crippen LogP contribution in [0.15, 0.2) is 36.4 Å². The molecule has 1 N–H and O–H groups in total. The van der Waals surface area contributed by atoms with Crippen LogP contribution in [0.1, 0.15) is 40.9 Å². The minimum Gasteiger partial charge on any atom is -0.334 e. The molecule has 1 aromatic heterocycles. The van der Waals surface area contributed by atoms with E-state index < -0.39 is 0 Å². The van der Waals surface area contributed by atoms with E-state index >= 15 is 0 Å². The van der Waals surface area contributed by atoms with Crippen LogP contribution in [-0.4, -0.2) is 37.1 Å². The smallest absolute Gasteiger partial charge is 0.260 e. The molecule has 0 aliphatic heterocycles. The molecule has 1 heterocycles. The minimum absolute atomic E-state index is 0.0754. The molecule has 0 fully saturated rings. The summed E-state index contributed by atoms with van der Waals surface area (Å²) in [6, 6.07) is 13.1. The Bertz CT molecular complexity index is 1010. The van der Waals surface area contributed by atoms with Crippen LogP contribution in [0.3, 0.4) is 0 Å². The monoisotopic (exact) mass is 407 g/mol. The predicted molar refractivity (Wildman–Crippen MR) is 119 cm³/mol. The number of rotatable bonds is 7. The molecular weight excluding hydrogens is 380 g/mol. The van der Waals surface area contributed by atoms with Gasteiger partial charge in [-0.25, -0.2) is 4.98 Å². The third kappa shape index (κ3) is 4.64. The van der Waals surface area contributed by atoms with Crippen molar-refractivity contribution >= 4 is 32.6 Å². The molecule has 0 atom stereocenters. The van der Waals surface area contributed by atoms with E-state index in [2.05, 4.69) is 45.9 Å². The first kappa shape index (κ1) is 21.0. The lowest BCUT2D eigenvalue weighted by Gasteiger charge is -2.23. The number of anilines is 1. The fourth-order valence-electron chi connectivity index (χ4n) is 3.28. The fourth-order valence-corrected chi connectivity index (χ4v) is 4.35. The Morgan fingerprint density at radius 2 is 1.79 bits per heavy atom. The van der Waals surface area contributed by atoms with Crippen LogP contribution in [0.5, 0.6) is 0 Å². The molecule has 0 aliphatic rings. The highest BCUT2D eigenvalue weighted by Crippen LogP contribution is 2.31. The first-order valence-corrected chi connectivity index (χ1v) is 10.8. The second kappa shape index (κ2) is 9.17. The Morgan fingerprint density at radius 3 is 2.41 bits per heavy atom. The molecule has 29 heavy (non-hydrogen) atoms. The summed E-state index contributed by atoms with van der Waals surface area (Å²) in [5.74, 6) is -0.0754. The zero-order valence-electron chi connectivity index (χ0n) is 17.5. The van der Waals surface area contributed by atoms with Crippen molar-refractivity contribution in [3.63, 3.8) is 0 Å². The molecular formula is C23H27N4OS+. The van der Waals surface area contributed by atoms with Gasteiger partial charge in [0, 0.05) is 5.56 Å². The van der Waals surface area contributed by atoms with Gasteiger partial charge in [-0.2, -0.15) is 5.26 Å². The number of hydrogen-bond acceptors (Lipinski definition) is 4. The van der Waals surface area contributed by atoms with Crippen molar-refractivity contribution in [1.82, 2.24) is 4.98 Å². The number of amides is 1. The number of benzene rings is 2. The average molecular weight is 408 g/mol. The van der Waals surface area contributed by atoms with Crippen molar-refractivity contribution in [2.24, 2.45) is 0 Å². The van der Waals surface area contributed by atoms with E-state index in [1.807, 2.05) is 0 Å². The van der Waals surface area contributed by atoms with E-state index in [0.29, 0.717) is 17.7 Å². The second-order valence-corrected chi connectivity index (χ2v) is 8.26. The van der Waals surface area contributed by atoms with Crippen molar-refractivity contribution in [2.75, 3.05) is 31.1 Å². The molecule has 6 heteroatoms. The van der Waals surface area contributed by atoms with Gasteiger partial charge in [0.15, 0.2) is 5.13 Å². The van der Waals surface area contributed by atoms with Crippen LogP contribution in [0, 0.1) is 25.2 Å². The quantitative estimate of drug-likeness (QED) is 0.653. The number of thiazole rings is 1. The molecule has 0 unspecified atom stereocenters. The average Bonchev–Trinajstić information content (AvgIpc) is 3.13. The topological polar surface area (TPSA) is 61.4 Å². The molecule has 0 saturated heterocycles. The lowest BCUT2D eigenvalue weighted by molar-refractivity contribution is -0.894. The van der Waals surface area contributed by atoms with Gasteiger partial charge in [-0.3, -0.25) is 9.69 Å². The Balaban J connectivity index is 1.97. The first-order chi connectivity index (χ1) is 14.0. The molecule has 3 rings (SSSR count). The van der Waals surface area contributed by atoms with Crippen LogP contribution in [0.4, 0.5) is 5.13 Å². The van der Waals surface area contributed by atoms with Crippen LogP contribution in [-0.2, 0) is 0 Å². The maximum atomic E-state index is 13.3. The number of nitrogens with one attached hydrogen (secondary N) is 1. The summed E-state index contributed by atoms with van der Waals surface area (Å²) in [7, 11) is 0. The number of nitriles is 1. The van der Waals surface area contributed by atoms with Gasteiger partial charge in [0.1, 0.15) is 0 Å². The van der Waals surface area contributed by atoms with Crippen molar-refractivity contribution < 1.29 is 9.69 Å². The van der Waals surface area contributed by atoms with Crippen molar-refractivity contribution in [3.8, 4) is 6.07 Å². The lowest BCUT2D eigenvalue weighted by atomic mass is 10.1. The summed E-state index contributed by atoms with van der Waals surface area (Å²) in [4.78, 5) is 21.4. The van der Waals surface area contributed by atoms with Gasteiger partial charge in [-0.05, 0) is 75.2 Å². The zero-order valence-corrected chi connectivity index (χ0v) is 18.3. The summed E-state index contributed by atoms with van der Waals surface area (Å²) in [5.41, 5.74) is 4.48. The van der Waals surface area contributed by atoms with Crippen LogP contribution in [0.2, 0.25) is 0 Å². The van der Waals surface area contributed by atoms with Gasteiger partial charge >= 0.3 is 0 Å². The fraction of sp³-hybridized carbons (Fsp3) is 0.348. The maximum Gasteiger partial charge on any atom is 0.260 e. The number of carbonyl (C=O) groups is 1. The number of aromatic nitrogens is 1. The highest BCUT2D eigenvalue weighted by molar-refractivity contribution is 7.22. The Labute approximate surface area is 176 Å². The van der Waals surface area contributed by atoms with E-state index in [1.54, 1.807) is 40.5 Å². The summed E-state index contributed by atoms with van der Waals surface area (Å²) in [6.45, 7) is 12.0. The van der Waals surface area contributed by atoms with Gasteiger partial charge in [0.2, 0.25) is 0 Å². The zero-order chi connectivity index (χ0) is 21.0. The molecule has 0 bridgehead atoms. The number of nitrogens with zero attached hydrogens (tertiary/aromatic N) is 3. The van der Waals surface area contributed by atoms with Gasteiger partial charge in [0.25, 0.3) is 5.91 Å². The molecule has 0 radical (unpaired) electrons. The standard InChI is InChI=1S/C23H26N4OS/c1-5-26(6-2)11-12-27(22(28)19-9-7-18(15-24)8-10-19)23-25-20-13-16(3)17(4)14-21(20)29-23/h7-10,13-14H,5-6,11-12H2,1-4H3/p+1. The SMILES string of the molecule is CC[NH+](CC)CCN(C(=O)c1ccc(C#N)cc1)c1nc2cc(C)c(C)cc2s1. The molecule has 2 aromatic carbocycles. The van der Waals surface area contributed by atoms with Crippen LogP contribution < -0.4 is 9.80 Å². The summed E-state index contributed by atoms with van der Waals surface area (Å²) in [6.07, 6.45) is 0. The van der Waals surface area contributed by atoms with Gasteiger partial charge in [-0.15, -0.1) is 0 Å². The largest absolute Gasteiger partial charge is 0.334 e. The molecule has 0 spiro atoms. The Morgan fingerprint density at radius 1 is 1.14 bits per heavy atom. The van der Waals surface area contributed by atoms with E-state index in [9.17, 15) is 4.79 Å². The number of fused-ring (bicyclic) bond motifs is 1. The molecule has 3 aromatic rings. The van der Waals surface area contributed by atoms with E-state index in [1.165, 1.54) is 16.0 Å². The van der Waals surface area contributed by atoms with Crippen LogP contribution in [0.25, 0.3) is 10.2 Å². The number of quaternary nitrogens is 1. The Kier molecular flexibility index (Phi) is 6.63. The maximum absolute atomic E-state index is 13.3. The molecule has 0 saturated carbocycles. The third-order valence-corrected chi connectivity index (χ3v) is 6.46. The summed E-state index contributed by atoms with van der Waals surface area (Å²) in [5, 5.41) is 9.75. The number of aryl methyl sites for hydroxylation is 2. The minimum atomic E-state index is -0.0754. The van der Waals surface area contributed by atoms with E-state index in [0.717, 1.165) is 35.0 Å². The molecule has 0 aliphatic carbocycles. The third-order valence-electron chi connectivity index (χ3n) is 5.42.